The minimum absolute atomic E-state index is 0.366. The summed E-state index contributed by atoms with van der Waals surface area (Å²) in [6, 6.07) is 0. The molecule has 0 spiro atoms. The van der Waals surface area contributed by atoms with Crippen molar-refractivity contribution in [1.82, 2.24) is 0 Å². The summed E-state index contributed by atoms with van der Waals surface area (Å²) in [5, 5.41) is 10.0. The number of hydrogen-bond donors (Lipinski definition) is 1. The Labute approximate surface area is 137 Å². The Hall–Kier alpha value is -2.20. The Morgan fingerprint density at radius 3 is 1.71 bits per heavy atom. The monoisotopic (exact) mass is 348 g/mol. The van der Waals surface area contributed by atoms with Crippen molar-refractivity contribution in [2.45, 2.75) is 58.4 Å². The van der Waals surface area contributed by atoms with Crippen molar-refractivity contribution in [2.24, 2.45) is 0 Å². The smallest absolute Gasteiger partial charge is 0.303 e. The topological polar surface area (TPSA) is 135 Å². The molecule has 0 radical (unpaired) electrons. The standard InChI is InChI=1S/C14H20O10/c1-6(15)20-5-10-11(21-7(2)16)12(22-8(3)17)13(14(19)24-10)23-9(4)18/h10-14,19H,5H2,1-4H3/t10?,11-,12-,13?,14+/m1/s1. The summed E-state index contributed by atoms with van der Waals surface area (Å²) in [4.78, 5) is 44.9. The van der Waals surface area contributed by atoms with E-state index in [1.165, 1.54) is 0 Å². The van der Waals surface area contributed by atoms with Crippen LogP contribution in [0.4, 0.5) is 0 Å². The lowest BCUT2D eigenvalue weighted by Gasteiger charge is -2.42. The summed E-state index contributed by atoms with van der Waals surface area (Å²) < 4.78 is 25.0. The maximum Gasteiger partial charge on any atom is 0.303 e. The summed E-state index contributed by atoms with van der Waals surface area (Å²) in [7, 11) is 0. The molecule has 0 aromatic rings. The third-order valence-corrected chi connectivity index (χ3v) is 2.97. The molecular formula is C14H20O10. The van der Waals surface area contributed by atoms with Crippen LogP contribution in [-0.4, -0.2) is 66.3 Å². The number of carbonyl (C=O) groups is 4. The van der Waals surface area contributed by atoms with E-state index in [-0.39, 0.29) is 6.61 Å². The molecule has 136 valence electrons. The Bertz CT molecular complexity index is 502. The molecule has 5 atom stereocenters. The van der Waals surface area contributed by atoms with Crippen LogP contribution >= 0.6 is 0 Å². The van der Waals surface area contributed by atoms with Crippen molar-refractivity contribution in [2.75, 3.05) is 6.61 Å². The van der Waals surface area contributed by atoms with Crippen LogP contribution in [0.15, 0.2) is 0 Å². The lowest BCUT2D eigenvalue weighted by Crippen LogP contribution is -2.62. The van der Waals surface area contributed by atoms with Gasteiger partial charge in [-0.1, -0.05) is 0 Å². The second kappa shape index (κ2) is 8.60. The van der Waals surface area contributed by atoms with E-state index >= 15 is 0 Å². The van der Waals surface area contributed by atoms with Crippen molar-refractivity contribution >= 4 is 23.9 Å². The first-order valence-corrected chi connectivity index (χ1v) is 7.10. The zero-order valence-corrected chi connectivity index (χ0v) is 13.7. The van der Waals surface area contributed by atoms with Gasteiger partial charge in [-0.3, -0.25) is 19.2 Å². The molecule has 0 aromatic carbocycles. The Balaban J connectivity index is 3.11. The molecule has 1 aliphatic heterocycles. The molecule has 24 heavy (non-hydrogen) atoms. The zero-order chi connectivity index (χ0) is 18.4. The van der Waals surface area contributed by atoms with Gasteiger partial charge in [0.2, 0.25) is 0 Å². The van der Waals surface area contributed by atoms with E-state index in [0.29, 0.717) is 0 Å². The van der Waals surface area contributed by atoms with Gasteiger partial charge in [0.15, 0.2) is 24.6 Å². The second-order valence-electron chi connectivity index (χ2n) is 5.09. The fourth-order valence-electron chi connectivity index (χ4n) is 2.21. The van der Waals surface area contributed by atoms with E-state index in [4.69, 9.17) is 23.7 Å². The van der Waals surface area contributed by atoms with Gasteiger partial charge in [-0.2, -0.15) is 0 Å². The summed E-state index contributed by atoms with van der Waals surface area (Å²) >= 11 is 0. The number of rotatable bonds is 5. The molecule has 10 heteroatoms. The highest BCUT2D eigenvalue weighted by molar-refractivity contribution is 5.68. The van der Waals surface area contributed by atoms with Gasteiger partial charge in [-0.15, -0.1) is 0 Å². The third kappa shape index (κ3) is 5.78. The van der Waals surface area contributed by atoms with Crippen LogP contribution in [0.1, 0.15) is 27.7 Å². The molecule has 10 nitrogen and oxygen atoms in total. The van der Waals surface area contributed by atoms with Gasteiger partial charge in [-0.25, -0.2) is 0 Å². The van der Waals surface area contributed by atoms with E-state index in [2.05, 4.69) is 0 Å². The Kier molecular flexibility index (Phi) is 7.11. The average molecular weight is 348 g/mol. The van der Waals surface area contributed by atoms with Gasteiger partial charge in [0.05, 0.1) is 0 Å². The molecule has 1 saturated heterocycles. The second-order valence-corrected chi connectivity index (χ2v) is 5.09. The van der Waals surface area contributed by atoms with Gasteiger partial charge in [0.1, 0.15) is 12.7 Å². The van der Waals surface area contributed by atoms with Crippen LogP contribution in [0.2, 0.25) is 0 Å². The number of aliphatic hydroxyl groups excluding tert-OH is 1. The average Bonchev–Trinajstić information content (AvgIpc) is 2.42. The van der Waals surface area contributed by atoms with Crippen molar-refractivity contribution in [1.29, 1.82) is 0 Å². The largest absolute Gasteiger partial charge is 0.463 e. The molecule has 1 N–H and O–H groups in total. The number of hydrogen-bond acceptors (Lipinski definition) is 10. The van der Waals surface area contributed by atoms with E-state index in [9.17, 15) is 24.3 Å². The Morgan fingerprint density at radius 2 is 1.25 bits per heavy atom. The van der Waals surface area contributed by atoms with Crippen LogP contribution in [-0.2, 0) is 42.9 Å². The lowest BCUT2D eigenvalue weighted by molar-refractivity contribution is -0.296. The molecule has 1 rings (SSSR count). The minimum Gasteiger partial charge on any atom is -0.463 e. The highest BCUT2D eigenvalue weighted by Crippen LogP contribution is 2.28. The lowest BCUT2D eigenvalue weighted by atomic mass is 9.98. The van der Waals surface area contributed by atoms with E-state index in [0.717, 1.165) is 27.7 Å². The van der Waals surface area contributed by atoms with Crippen LogP contribution in [0.25, 0.3) is 0 Å². The normalized spacial score (nSPS) is 29.3. The molecular weight excluding hydrogens is 328 g/mol. The highest BCUT2D eigenvalue weighted by atomic mass is 16.7. The van der Waals surface area contributed by atoms with Crippen LogP contribution in [0.5, 0.6) is 0 Å². The summed E-state index contributed by atoms with van der Waals surface area (Å²) in [6.45, 7) is 4.09. The predicted molar refractivity (Wildman–Crippen MR) is 74.2 cm³/mol. The Morgan fingerprint density at radius 1 is 0.792 bits per heavy atom. The summed E-state index contributed by atoms with van der Waals surface area (Å²) in [6.07, 6.45) is -6.79. The van der Waals surface area contributed by atoms with E-state index < -0.39 is 54.6 Å². The van der Waals surface area contributed by atoms with Gasteiger partial charge in [0.25, 0.3) is 0 Å². The first kappa shape index (κ1) is 19.8. The van der Waals surface area contributed by atoms with Gasteiger partial charge < -0.3 is 28.8 Å². The number of aliphatic hydroxyl groups is 1. The van der Waals surface area contributed by atoms with Crippen LogP contribution in [0, 0.1) is 0 Å². The summed E-state index contributed by atoms with van der Waals surface area (Å²) in [5.74, 6) is -2.87. The predicted octanol–water partition coefficient (Wildman–Crippen LogP) is -0.938. The first-order chi connectivity index (χ1) is 11.1. The molecule has 1 heterocycles. The molecule has 1 aliphatic rings. The number of esters is 4. The van der Waals surface area contributed by atoms with Crippen molar-refractivity contribution < 1.29 is 48.0 Å². The molecule has 0 saturated carbocycles. The van der Waals surface area contributed by atoms with Crippen molar-refractivity contribution in [3.63, 3.8) is 0 Å². The molecule has 1 fully saturated rings. The molecule has 0 amide bonds. The first-order valence-electron chi connectivity index (χ1n) is 7.10. The molecule has 0 aliphatic carbocycles. The van der Waals surface area contributed by atoms with Gasteiger partial charge >= 0.3 is 23.9 Å². The quantitative estimate of drug-likeness (QED) is 0.490. The fraction of sp³-hybridized carbons (Fsp3) is 0.714. The summed E-state index contributed by atoms with van der Waals surface area (Å²) in [5.41, 5.74) is 0. The van der Waals surface area contributed by atoms with Crippen molar-refractivity contribution in [3.8, 4) is 0 Å². The minimum atomic E-state index is -1.68. The van der Waals surface area contributed by atoms with Crippen LogP contribution in [0.3, 0.4) is 0 Å². The maximum atomic E-state index is 11.3. The molecule has 2 unspecified atom stereocenters. The molecule has 0 bridgehead atoms. The van der Waals surface area contributed by atoms with Crippen molar-refractivity contribution in [3.05, 3.63) is 0 Å². The maximum absolute atomic E-state index is 11.3. The number of ether oxygens (including phenoxy) is 5. The van der Waals surface area contributed by atoms with E-state index in [1.54, 1.807) is 0 Å². The third-order valence-electron chi connectivity index (χ3n) is 2.97. The van der Waals surface area contributed by atoms with Crippen LogP contribution < -0.4 is 0 Å². The molecule has 0 aromatic heterocycles. The van der Waals surface area contributed by atoms with E-state index in [1.807, 2.05) is 0 Å². The van der Waals surface area contributed by atoms with Gasteiger partial charge in [0, 0.05) is 27.7 Å². The SMILES string of the molecule is CC(=O)OCC1O[C@H](O)C(OC(C)=O)[C@H](OC(C)=O)[C@@H]1OC(C)=O. The zero-order valence-electron chi connectivity index (χ0n) is 13.7. The van der Waals surface area contributed by atoms with Gasteiger partial charge in [-0.05, 0) is 0 Å². The highest BCUT2D eigenvalue weighted by Gasteiger charge is 2.51. The fourth-order valence-corrected chi connectivity index (χ4v) is 2.21. The number of carbonyl (C=O) groups excluding carboxylic acids is 4.